The number of hydrogen-bond acceptors (Lipinski definition) is 2. The van der Waals surface area contributed by atoms with E-state index in [1.807, 2.05) is 0 Å². The van der Waals surface area contributed by atoms with Crippen LogP contribution in [0.3, 0.4) is 0 Å². The molecule has 1 aliphatic carbocycles. The summed E-state index contributed by atoms with van der Waals surface area (Å²) in [5.74, 6) is 0.868. The first kappa shape index (κ1) is 14.0. The number of rotatable bonds is 4. The maximum Gasteiger partial charge on any atom is 0.136 e. The SMILES string of the molecule is O=C1CCCC1CCS(=O)c1cc(Cl)ccc1Cl. The van der Waals surface area contributed by atoms with Crippen LogP contribution in [0.25, 0.3) is 0 Å². The zero-order valence-electron chi connectivity index (χ0n) is 9.83. The minimum Gasteiger partial charge on any atom is -0.299 e. The van der Waals surface area contributed by atoms with E-state index in [-0.39, 0.29) is 5.92 Å². The summed E-state index contributed by atoms with van der Waals surface area (Å²) in [5.41, 5.74) is 0. The summed E-state index contributed by atoms with van der Waals surface area (Å²) in [6.45, 7) is 0. The molecule has 0 amide bonds. The van der Waals surface area contributed by atoms with Crippen LogP contribution in [-0.4, -0.2) is 15.7 Å². The minimum absolute atomic E-state index is 0.0897. The summed E-state index contributed by atoms with van der Waals surface area (Å²) in [6, 6.07) is 4.96. The number of carbonyl (C=O) groups is 1. The summed E-state index contributed by atoms with van der Waals surface area (Å²) in [5, 5.41) is 0.996. The molecule has 5 heteroatoms. The number of Topliss-reactive ketones (excluding diaryl/α,β-unsaturated/α-hetero) is 1. The third-order valence-corrected chi connectivity index (χ3v) is 5.33. The van der Waals surface area contributed by atoms with Crippen molar-refractivity contribution in [2.75, 3.05) is 5.75 Å². The first-order chi connectivity index (χ1) is 8.58. The quantitative estimate of drug-likeness (QED) is 0.846. The van der Waals surface area contributed by atoms with Crippen molar-refractivity contribution in [1.29, 1.82) is 0 Å². The fourth-order valence-corrected chi connectivity index (χ4v) is 4.08. The summed E-state index contributed by atoms with van der Waals surface area (Å²) in [7, 11) is -1.18. The van der Waals surface area contributed by atoms with Crippen molar-refractivity contribution in [2.45, 2.75) is 30.6 Å². The number of carbonyl (C=O) groups excluding carboxylic acids is 1. The monoisotopic (exact) mass is 304 g/mol. The molecule has 0 spiro atoms. The highest BCUT2D eigenvalue weighted by Gasteiger charge is 2.24. The van der Waals surface area contributed by atoms with Gasteiger partial charge in [0.25, 0.3) is 0 Å². The Balaban J connectivity index is 1.99. The van der Waals surface area contributed by atoms with Gasteiger partial charge in [-0.2, -0.15) is 0 Å². The lowest BCUT2D eigenvalue weighted by atomic mass is 10.1. The van der Waals surface area contributed by atoms with E-state index in [4.69, 9.17) is 23.2 Å². The number of benzene rings is 1. The van der Waals surface area contributed by atoms with Crippen molar-refractivity contribution in [3.05, 3.63) is 28.2 Å². The highest BCUT2D eigenvalue weighted by molar-refractivity contribution is 7.85. The molecule has 2 nitrogen and oxygen atoms in total. The van der Waals surface area contributed by atoms with E-state index < -0.39 is 10.8 Å². The van der Waals surface area contributed by atoms with Gasteiger partial charge in [0.05, 0.1) is 20.7 Å². The van der Waals surface area contributed by atoms with E-state index in [1.165, 1.54) is 0 Å². The Hall–Kier alpha value is -0.380. The highest BCUT2D eigenvalue weighted by atomic mass is 35.5. The molecule has 0 aromatic heterocycles. The minimum atomic E-state index is -1.18. The van der Waals surface area contributed by atoms with Gasteiger partial charge in [0.1, 0.15) is 5.78 Å². The largest absolute Gasteiger partial charge is 0.299 e. The molecule has 1 saturated carbocycles. The van der Waals surface area contributed by atoms with Crippen molar-refractivity contribution in [3.63, 3.8) is 0 Å². The fraction of sp³-hybridized carbons (Fsp3) is 0.462. The average Bonchev–Trinajstić information content (AvgIpc) is 2.75. The molecular weight excluding hydrogens is 291 g/mol. The van der Waals surface area contributed by atoms with Gasteiger partial charge in [-0.05, 0) is 37.5 Å². The van der Waals surface area contributed by atoms with E-state index in [1.54, 1.807) is 18.2 Å². The van der Waals surface area contributed by atoms with E-state index >= 15 is 0 Å². The van der Waals surface area contributed by atoms with Gasteiger partial charge in [0, 0.05) is 23.1 Å². The predicted molar refractivity (Wildman–Crippen MR) is 74.7 cm³/mol. The van der Waals surface area contributed by atoms with E-state index in [0.29, 0.717) is 39.3 Å². The number of hydrogen-bond donors (Lipinski definition) is 0. The van der Waals surface area contributed by atoms with Crippen LogP contribution >= 0.6 is 23.2 Å². The molecule has 0 aliphatic heterocycles. The lowest BCUT2D eigenvalue weighted by Gasteiger charge is -2.08. The second-order valence-corrected chi connectivity index (χ2v) is 6.85. The topological polar surface area (TPSA) is 34.1 Å². The Morgan fingerprint density at radius 3 is 2.78 bits per heavy atom. The van der Waals surface area contributed by atoms with E-state index in [2.05, 4.69) is 0 Å². The Kier molecular flexibility index (Phi) is 4.82. The molecule has 0 radical (unpaired) electrons. The molecule has 0 saturated heterocycles. The first-order valence-electron chi connectivity index (χ1n) is 5.94. The Morgan fingerprint density at radius 2 is 2.11 bits per heavy atom. The van der Waals surface area contributed by atoms with Gasteiger partial charge in [0.2, 0.25) is 0 Å². The average molecular weight is 305 g/mol. The van der Waals surface area contributed by atoms with Crippen molar-refractivity contribution < 1.29 is 9.00 Å². The van der Waals surface area contributed by atoms with Gasteiger partial charge in [-0.1, -0.05) is 23.2 Å². The molecule has 18 heavy (non-hydrogen) atoms. The van der Waals surface area contributed by atoms with Crippen molar-refractivity contribution in [3.8, 4) is 0 Å². The molecule has 1 aromatic rings. The molecule has 1 aliphatic rings. The van der Waals surface area contributed by atoms with Crippen molar-refractivity contribution in [2.24, 2.45) is 5.92 Å². The van der Waals surface area contributed by atoms with E-state index in [9.17, 15) is 9.00 Å². The standard InChI is InChI=1S/C13H14Cl2O2S/c14-10-4-5-11(15)13(8-10)18(17)7-6-9-2-1-3-12(9)16/h4-5,8-9H,1-3,6-7H2. The summed E-state index contributed by atoms with van der Waals surface area (Å²) < 4.78 is 12.1. The van der Waals surface area contributed by atoms with Crippen LogP contribution in [0.1, 0.15) is 25.7 Å². The Morgan fingerprint density at radius 1 is 1.33 bits per heavy atom. The molecule has 0 bridgehead atoms. The zero-order valence-corrected chi connectivity index (χ0v) is 12.2. The molecule has 98 valence electrons. The molecule has 1 aromatic carbocycles. The second kappa shape index (κ2) is 6.18. The van der Waals surface area contributed by atoms with Crippen LogP contribution in [0.5, 0.6) is 0 Å². The van der Waals surface area contributed by atoms with Crippen LogP contribution < -0.4 is 0 Å². The zero-order chi connectivity index (χ0) is 13.1. The first-order valence-corrected chi connectivity index (χ1v) is 8.01. The highest BCUT2D eigenvalue weighted by Crippen LogP contribution is 2.27. The van der Waals surface area contributed by atoms with Gasteiger partial charge < -0.3 is 0 Å². The van der Waals surface area contributed by atoms with Crippen LogP contribution in [0.15, 0.2) is 23.1 Å². The third kappa shape index (κ3) is 3.34. The summed E-state index contributed by atoms with van der Waals surface area (Å²) in [6.07, 6.45) is 3.25. The predicted octanol–water partition coefficient (Wildman–Crippen LogP) is 3.86. The molecule has 1 fully saturated rings. The molecule has 2 rings (SSSR count). The molecule has 0 N–H and O–H groups in total. The molecule has 0 heterocycles. The van der Waals surface area contributed by atoms with Gasteiger partial charge >= 0.3 is 0 Å². The van der Waals surface area contributed by atoms with Crippen LogP contribution in [-0.2, 0) is 15.6 Å². The Labute approximate surface area is 119 Å². The molecule has 2 atom stereocenters. The maximum absolute atomic E-state index is 12.1. The normalized spacial score (nSPS) is 21.2. The second-order valence-electron chi connectivity index (χ2n) is 4.47. The van der Waals surface area contributed by atoms with Gasteiger partial charge in [0.15, 0.2) is 0 Å². The lowest BCUT2D eigenvalue weighted by Crippen LogP contribution is -2.11. The summed E-state index contributed by atoms with van der Waals surface area (Å²) >= 11 is 11.9. The van der Waals surface area contributed by atoms with Crippen molar-refractivity contribution >= 4 is 39.8 Å². The van der Waals surface area contributed by atoms with Gasteiger partial charge in [-0.15, -0.1) is 0 Å². The lowest BCUT2D eigenvalue weighted by molar-refractivity contribution is -0.120. The number of ketones is 1. The Bertz CT molecular complexity index is 488. The third-order valence-electron chi connectivity index (χ3n) is 3.22. The van der Waals surface area contributed by atoms with Gasteiger partial charge in [-0.3, -0.25) is 9.00 Å². The summed E-state index contributed by atoms with van der Waals surface area (Å²) in [4.78, 5) is 12.1. The smallest absolute Gasteiger partial charge is 0.136 e. The van der Waals surface area contributed by atoms with Gasteiger partial charge in [-0.25, -0.2) is 0 Å². The van der Waals surface area contributed by atoms with Crippen LogP contribution in [0, 0.1) is 5.92 Å². The number of halogens is 2. The molecular formula is C13H14Cl2O2S. The van der Waals surface area contributed by atoms with Crippen molar-refractivity contribution in [1.82, 2.24) is 0 Å². The van der Waals surface area contributed by atoms with E-state index in [0.717, 1.165) is 12.8 Å². The van der Waals surface area contributed by atoms with Crippen LogP contribution in [0.2, 0.25) is 10.0 Å². The molecule has 2 unspecified atom stereocenters. The maximum atomic E-state index is 12.1. The van der Waals surface area contributed by atoms with Crippen LogP contribution in [0.4, 0.5) is 0 Å². The fourth-order valence-electron chi connectivity index (χ4n) is 2.20.